The van der Waals surface area contributed by atoms with Crippen molar-refractivity contribution in [2.75, 3.05) is 5.32 Å². The maximum Gasteiger partial charge on any atom is 0.311 e. The van der Waals surface area contributed by atoms with Gasteiger partial charge in [-0.1, -0.05) is 22.0 Å². The van der Waals surface area contributed by atoms with Crippen LogP contribution in [-0.2, 0) is 0 Å². The molecule has 0 atom stereocenters. The highest BCUT2D eigenvalue weighted by atomic mass is 79.9. The number of amides is 1. The van der Waals surface area contributed by atoms with E-state index in [0.29, 0.717) is 4.47 Å². The van der Waals surface area contributed by atoms with E-state index in [0.717, 1.165) is 12.1 Å². The average Bonchev–Trinajstić information content (AvgIpc) is 2.42. The van der Waals surface area contributed by atoms with Crippen LogP contribution in [0.2, 0.25) is 0 Å². The second-order valence-electron chi connectivity index (χ2n) is 4.01. The molecule has 0 aromatic heterocycles. The highest BCUT2D eigenvalue weighted by molar-refractivity contribution is 9.10. The molecule has 2 aromatic carbocycles. The monoisotopic (exact) mass is 354 g/mol. The van der Waals surface area contributed by atoms with Crippen LogP contribution in [0.5, 0.6) is 5.75 Å². The number of nitro benzene ring substituents is 1. The van der Waals surface area contributed by atoms with E-state index < -0.39 is 28.1 Å². The molecule has 8 heteroatoms. The summed E-state index contributed by atoms with van der Waals surface area (Å²) in [7, 11) is 0. The van der Waals surface area contributed by atoms with E-state index in [-0.39, 0.29) is 11.3 Å². The Morgan fingerprint density at radius 2 is 2.05 bits per heavy atom. The number of phenols is 1. The lowest BCUT2D eigenvalue weighted by Crippen LogP contribution is -2.13. The van der Waals surface area contributed by atoms with Crippen LogP contribution in [0.25, 0.3) is 0 Å². The van der Waals surface area contributed by atoms with Gasteiger partial charge in [0, 0.05) is 10.5 Å². The number of halogens is 2. The van der Waals surface area contributed by atoms with Gasteiger partial charge in [0.1, 0.15) is 5.82 Å². The third-order valence-corrected chi connectivity index (χ3v) is 3.13. The van der Waals surface area contributed by atoms with Gasteiger partial charge in [-0.25, -0.2) is 4.39 Å². The molecule has 0 spiro atoms. The fourth-order valence-electron chi connectivity index (χ4n) is 1.64. The zero-order valence-electron chi connectivity index (χ0n) is 10.3. The van der Waals surface area contributed by atoms with Gasteiger partial charge in [0.2, 0.25) is 5.75 Å². The molecule has 108 valence electrons. The summed E-state index contributed by atoms with van der Waals surface area (Å²) in [5.41, 5.74) is -1.03. The Balaban J connectivity index is 2.35. The van der Waals surface area contributed by atoms with Crippen molar-refractivity contribution in [1.82, 2.24) is 0 Å². The lowest BCUT2D eigenvalue weighted by molar-refractivity contribution is -0.385. The van der Waals surface area contributed by atoms with Crippen LogP contribution in [0.1, 0.15) is 10.4 Å². The summed E-state index contributed by atoms with van der Waals surface area (Å²) in [5.74, 6) is -2.29. The molecule has 0 saturated heterocycles. The number of nitrogens with one attached hydrogen (secondary N) is 1. The van der Waals surface area contributed by atoms with Gasteiger partial charge < -0.3 is 10.4 Å². The third kappa shape index (κ3) is 3.16. The van der Waals surface area contributed by atoms with Crippen LogP contribution in [0.3, 0.4) is 0 Å². The number of nitrogens with zero attached hydrogens (tertiary/aromatic N) is 1. The number of carbonyl (C=O) groups is 1. The minimum absolute atomic E-state index is 0.111. The normalized spacial score (nSPS) is 10.2. The number of benzene rings is 2. The maximum atomic E-state index is 13.5. The van der Waals surface area contributed by atoms with Crippen LogP contribution in [0.15, 0.2) is 40.9 Å². The first-order chi connectivity index (χ1) is 9.90. The average molecular weight is 355 g/mol. The van der Waals surface area contributed by atoms with Crippen molar-refractivity contribution in [3.05, 3.63) is 62.4 Å². The Labute approximate surface area is 126 Å². The minimum Gasteiger partial charge on any atom is -0.502 e. The molecule has 0 heterocycles. The number of hydrogen-bond donors (Lipinski definition) is 2. The van der Waals surface area contributed by atoms with Gasteiger partial charge >= 0.3 is 5.69 Å². The summed E-state index contributed by atoms with van der Waals surface area (Å²) >= 11 is 3.13. The summed E-state index contributed by atoms with van der Waals surface area (Å²) in [6.07, 6.45) is 0. The Morgan fingerprint density at radius 1 is 1.33 bits per heavy atom. The van der Waals surface area contributed by atoms with Crippen LogP contribution < -0.4 is 5.32 Å². The van der Waals surface area contributed by atoms with E-state index in [1.807, 2.05) is 0 Å². The van der Waals surface area contributed by atoms with Crippen molar-refractivity contribution in [2.24, 2.45) is 0 Å². The zero-order valence-corrected chi connectivity index (χ0v) is 11.9. The van der Waals surface area contributed by atoms with Crippen molar-refractivity contribution >= 4 is 33.2 Å². The van der Waals surface area contributed by atoms with Gasteiger partial charge in [-0.3, -0.25) is 14.9 Å². The molecule has 21 heavy (non-hydrogen) atoms. The smallest absolute Gasteiger partial charge is 0.311 e. The van der Waals surface area contributed by atoms with E-state index >= 15 is 0 Å². The Morgan fingerprint density at radius 3 is 2.71 bits per heavy atom. The van der Waals surface area contributed by atoms with Gasteiger partial charge in [0.25, 0.3) is 5.91 Å². The first-order valence-corrected chi connectivity index (χ1v) is 6.42. The van der Waals surface area contributed by atoms with Gasteiger partial charge in [-0.05, 0) is 24.3 Å². The molecule has 2 rings (SSSR count). The van der Waals surface area contributed by atoms with Crippen molar-refractivity contribution in [1.29, 1.82) is 0 Å². The Hall–Kier alpha value is -2.48. The van der Waals surface area contributed by atoms with Crippen molar-refractivity contribution in [2.45, 2.75) is 0 Å². The second kappa shape index (κ2) is 5.88. The number of aromatic hydroxyl groups is 1. The highest BCUT2D eigenvalue weighted by Crippen LogP contribution is 2.30. The van der Waals surface area contributed by atoms with Crippen LogP contribution in [0.4, 0.5) is 15.8 Å². The molecular weight excluding hydrogens is 347 g/mol. The Kier molecular flexibility index (Phi) is 4.18. The van der Waals surface area contributed by atoms with Crippen LogP contribution in [0, 0.1) is 15.9 Å². The molecule has 0 radical (unpaired) electrons. The molecule has 2 N–H and O–H groups in total. The molecule has 0 aliphatic carbocycles. The first kappa shape index (κ1) is 14.9. The molecule has 0 fully saturated rings. The number of phenolic OH excluding ortho intramolecular Hbond substituents is 1. The van der Waals surface area contributed by atoms with Crippen LogP contribution in [-0.4, -0.2) is 15.9 Å². The second-order valence-corrected chi connectivity index (χ2v) is 4.92. The van der Waals surface area contributed by atoms with E-state index in [9.17, 15) is 24.4 Å². The molecule has 2 aromatic rings. The standard InChI is InChI=1S/C13H8BrFN2O4/c14-7-4-5-9(15)10(6-7)16-13(19)8-2-1-3-11(12(8)18)17(20)21/h1-6,18H,(H,16,19). The largest absolute Gasteiger partial charge is 0.502 e. The summed E-state index contributed by atoms with van der Waals surface area (Å²) in [5, 5.41) is 22.7. The number of para-hydroxylation sites is 1. The van der Waals surface area contributed by atoms with Crippen LogP contribution >= 0.6 is 15.9 Å². The maximum absolute atomic E-state index is 13.5. The number of carbonyl (C=O) groups excluding carboxylic acids is 1. The van der Waals surface area contributed by atoms with E-state index in [1.165, 1.54) is 24.3 Å². The predicted octanol–water partition coefficient (Wildman–Crippen LogP) is 3.45. The lowest BCUT2D eigenvalue weighted by atomic mass is 10.1. The quantitative estimate of drug-likeness (QED) is 0.652. The van der Waals surface area contributed by atoms with Gasteiger partial charge in [0.15, 0.2) is 0 Å². The summed E-state index contributed by atoms with van der Waals surface area (Å²) in [6.45, 7) is 0. The molecule has 0 unspecified atom stereocenters. The molecule has 1 amide bonds. The van der Waals surface area contributed by atoms with E-state index in [2.05, 4.69) is 21.2 Å². The van der Waals surface area contributed by atoms with Crippen molar-refractivity contribution in [3.8, 4) is 5.75 Å². The summed E-state index contributed by atoms with van der Waals surface area (Å²) < 4.78 is 14.1. The lowest BCUT2D eigenvalue weighted by Gasteiger charge is -2.08. The topological polar surface area (TPSA) is 92.5 Å². The third-order valence-electron chi connectivity index (χ3n) is 2.63. The zero-order chi connectivity index (χ0) is 15.6. The van der Waals surface area contributed by atoms with E-state index in [4.69, 9.17) is 0 Å². The predicted molar refractivity (Wildman–Crippen MR) is 76.8 cm³/mol. The fourth-order valence-corrected chi connectivity index (χ4v) is 2.01. The summed E-state index contributed by atoms with van der Waals surface area (Å²) in [6, 6.07) is 7.45. The molecule has 6 nitrogen and oxygen atoms in total. The Bertz CT molecular complexity index is 736. The fraction of sp³-hybridized carbons (Fsp3) is 0. The SMILES string of the molecule is O=C(Nc1cc(Br)ccc1F)c1cccc([N+](=O)[O-])c1O. The minimum atomic E-state index is -0.854. The van der Waals surface area contributed by atoms with Gasteiger partial charge in [-0.2, -0.15) is 0 Å². The summed E-state index contributed by atoms with van der Waals surface area (Å²) in [4.78, 5) is 21.9. The van der Waals surface area contributed by atoms with E-state index in [1.54, 1.807) is 0 Å². The number of anilines is 1. The van der Waals surface area contributed by atoms with Crippen molar-refractivity contribution in [3.63, 3.8) is 0 Å². The van der Waals surface area contributed by atoms with Crippen molar-refractivity contribution < 1.29 is 19.2 Å². The molecule has 0 aliphatic heterocycles. The molecule has 0 aliphatic rings. The molecular formula is C13H8BrFN2O4. The first-order valence-electron chi connectivity index (χ1n) is 5.63. The number of rotatable bonds is 3. The molecule has 0 bridgehead atoms. The number of nitro groups is 1. The van der Waals surface area contributed by atoms with Gasteiger partial charge in [0.05, 0.1) is 16.2 Å². The highest BCUT2D eigenvalue weighted by Gasteiger charge is 2.21. The number of hydrogen-bond acceptors (Lipinski definition) is 4. The molecule has 0 saturated carbocycles. The van der Waals surface area contributed by atoms with Gasteiger partial charge in [-0.15, -0.1) is 0 Å².